The number of pyridine rings is 1. The van der Waals surface area contributed by atoms with Crippen LogP contribution in [0.2, 0.25) is 0 Å². The van der Waals surface area contributed by atoms with Gasteiger partial charge in [0.25, 0.3) is 0 Å². The predicted octanol–water partition coefficient (Wildman–Crippen LogP) is 4.60. The standard InChI is InChI=1S/C26H28F3N5O2/c1-16(35-2)15-36-22-5-3-4-17-6-7-18(12-21(17)22)25-32-31-23-9-8-19(13-34(23)25)24(26(27,28)29)33-11-10-20(30)14-33/h3-9,12-13,16,20,24H,10-11,14-15,30H2,1-2H3/t16-,20+,24-/m1/s1. The summed E-state index contributed by atoms with van der Waals surface area (Å²) in [5, 5.41) is 10.3. The molecule has 36 heavy (non-hydrogen) atoms. The maximum atomic E-state index is 14.2. The minimum absolute atomic E-state index is 0.0750. The number of nitrogens with zero attached hydrogens (tertiary/aromatic N) is 4. The van der Waals surface area contributed by atoms with Crippen LogP contribution in [0.4, 0.5) is 13.2 Å². The van der Waals surface area contributed by atoms with Gasteiger partial charge in [-0.3, -0.25) is 9.30 Å². The smallest absolute Gasteiger partial charge is 0.408 e. The molecule has 0 spiro atoms. The van der Waals surface area contributed by atoms with Crippen molar-refractivity contribution >= 4 is 16.4 Å². The second-order valence-corrected chi connectivity index (χ2v) is 9.25. The van der Waals surface area contributed by atoms with Crippen LogP contribution in [0.1, 0.15) is 24.9 Å². The van der Waals surface area contributed by atoms with Gasteiger partial charge in [0.1, 0.15) is 18.4 Å². The van der Waals surface area contributed by atoms with E-state index in [1.54, 1.807) is 17.6 Å². The van der Waals surface area contributed by atoms with Crippen LogP contribution in [0.3, 0.4) is 0 Å². The van der Waals surface area contributed by atoms with Crippen molar-refractivity contribution in [3.63, 3.8) is 0 Å². The van der Waals surface area contributed by atoms with Gasteiger partial charge in [-0.2, -0.15) is 13.2 Å². The summed E-state index contributed by atoms with van der Waals surface area (Å²) in [5.74, 6) is 1.14. The number of alkyl halides is 3. The van der Waals surface area contributed by atoms with Crippen LogP contribution >= 0.6 is 0 Å². The van der Waals surface area contributed by atoms with Gasteiger partial charge >= 0.3 is 6.18 Å². The molecule has 4 aromatic rings. The second kappa shape index (κ2) is 9.68. The zero-order chi connectivity index (χ0) is 25.4. The fourth-order valence-corrected chi connectivity index (χ4v) is 4.71. The summed E-state index contributed by atoms with van der Waals surface area (Å²) in [6.45, 7) is 2.80. The molecule has 0 aliphatic carbocycles. The first kappa shape index (κ1) is 24.5. The Morgan fingerprint density at radius 3 is 2.69 bits per heavy atom. The fourth-order valence-electron chi connectivity index (χ4n) is 4.71. The van der Waals surface area contributed by atoms with E-state index in [1.165, 1.54) is 17.2 Å². The van der Waals surface area contributed by atoms with E-state index in [9.17, 15) is 13.2 Å². The molecule has 0 radical (unpaired) electrons. The SMILES string of the molecule is CO[C@H](C)COc1cccc2ccc(-c3nnc4ccc([C@@H](N5CC[C@H](N)C5)C(F)(F)F)cn34)cc12. The molecule has 1 aliphatic rings. The second-order valence-electron chi connectivity index (χ2n) is 9.25. The number of likely N-dealkylation sites (tertiary alicyclic amines) is 1. The number of nitrogens with two attached hydrogens (primary N) is 1. The molecule has 1 saturated heterocycles. The van der Waals surface area contributed by atoms with E-state index in [1.807, 2.05) is 43.3 Å². The lowest BCUT2D eigenvalue weighted by molar-refractivity contribution is -0.183. The molecule has 2 aromatic carbocycles. The highest BCUT2D eigenvalue weighted by atomic mass is 19.4. The highest BCUT2D eigenvalue weighted by Gasteiger charge is 2.46. The third-order valence-corrected chi connectivity index (χ3v) is 6.65. The van der Waals surface area contributed by atoms with Gasteiger partial charge in [0.05, 0.1) is 6.10 Å². The zero-order valence-electron chi connectivity index (χ0n) is 20.1. The van der Waals surface area contributed by atoms with Crippen molar-refractivity contribution in [2.75, 3.05) is 26.8 Å². The lowest BCUT2D eigenvalue weighted by atomic mass is 10.1. The number of methoxy groups -OCH3 is 1. The summed E-state index contributed by atoms with van der Waals surface area (Å²) in [7, 11) is 1.63. The molecule has 3 atom stereocenters. The monoisotopic (exact) mass is 499 g/mol. The molecule has 3 heterocycles. The zero-order valence-corrected chi connectivity index (χ0v) is 20.1. The molecule has 2 N–H and O–H groups in total. The van der Waals surface area contributed by atoms with E-state index < -0.39 is 12.2 Å². The fraction of sp³-hybridized carbons (Fsp3) is 0.385. The highest BCUT2D eigenvalue weighted by molar-refractivity contribution is 5.91. The predicted molar refractivity (Wildman–Crippen MR) is 131 cm³/mol. The number of hydrogen-bond donors (Lipinski definition) is 1. The van der Waals surface area contributed by atoms with Gasteiger partial charge in [0.15, 0.2) is 11.5 Å². The highest BCUT2D eigenvalue weighted by Crippen LogP contribution is 2.40. The summed E-state index contributed by atoms with van der Waals surface area (Å²) < 4.78 is 55.4. The van der Waals surface area contributed by atoms with Crippen LogP contribution in [-0.4, -0.2) is 64.6 Å². The average Bonchev–Trinajstić information content (AvgIpc) is 3.47. The van der Waals surface area contributed by atoms with E-state index in [0.29, 0.717) is 36.8 Å². The number of aromatic nitrogens is 3. The molecule has 190 valence electrons. The van der Waals surface area contributed by atoms with Crippen LogP contribution in [0.25, 0.3) is 27.8 Å². The molecule has 0 bridgehead atoms. The molecule has 10 heteroatoms. The Bertz CT molecular complexity index is 1370. The minimum Gasteiger partial charge on any atom is -0.490 e. The van der Waals surface area contributed by atoms with Crippen molar-refractivity contribution in [1.82, 2.24) is 19.5 Å². The molecule has 2 aromatic heterocycles. The molecular weight excluding hydrogens is 471 g/mol. The first-order chi connectivity index (χ1) is 17.2. The summed E-state index contributed by atoms with van der Waals surface area (Å²) >= 11 is 0. The number of fused-ring (bicyclic) bond motifs is 2. The van der Waals surface area contributed by atoms with E-state index in [2.05, 4.69) is 10.2 Å². The Morgan fingerprint density at radius 1 is 1.14 bits per heavy atom. The Balaban J connectivity index is 1.55. The minimum atomic E-state index is -4.44. The Labute approximate surface area is 206 Å². The molecule has 1 aliphatic heterocycles. The van der Waals surface area contributed by atoms with Crippen molar-refractivity contribution < 1.29 is 22.6 Å². The van der Waals surface area contributed by atoms with Gasteiger partial charge in [-0.1, -0.05) is 30.3 Å². The molecular formula is C26H28F3N5O2. The Kier molecular flexibility index (Phi) is 6.59. The van der Waals surface area contributed by atoms with Gasteiger partial charge in [-0.05, 0) is 42.5 Å². The van der Waals surface area contributed by atoms with Crippen molar-refractivity contribution in [3.8, 4) is 17.1 Å². The molecule has 7 nitrogen and oxygen atoms in total. The quantitative estimate of drug-likeness (QED) is 0.401. The van der Waals surface area contributed by atoms with Crippen LogP contribution in [0.5, 0.6) is 5.75 Å². The molecule has 5 rings (SSSR count). The number of benzene rings is 2. The van der Waals surface area contributed by atoms with Gasteiger partial charge in [0.2, 0.25) is 0 Å². The third-order valence-electron chi connectivity index (χ3n) is 6.65. The van der Waals surface area contributed by atoms with Crippen molar-refractivity contribution in [2.24, 2.45) is 5.73 Å². The van der Waals surface area contributed by atoms with Crippen molar-refractivity contribution in [3.05, 3.63) is 60.3 Å². The third kappa shape index (κ3) is 4.76. The van der Waals surface area contributed by atoms with Crippen molar-refractivity contribution in [2.45, 2.75) is 37.7 Å². The topological polar surface area (TPSA) is 77.9 Å². The number of rotatable bonds is 7. The first-order valence-electron chi connectivity index (χ1n) is 11.8. The van der Waals surface area contributed by atoms with Crippen LogP contribution in [0.15, 0.2) is 54.7 Å². The maximum Gasteiger partial charge on any atom is 0.408 e. The number of hydrogen-bond acceptors (Lipinski definition) is 6. The summed E-state index contributed by atoms with van der Waals surface area (Å²) in [5.41, 5.74) is 7.22. The van der Waals surface area contributed by atoms with Crippen molar-refractivity contribution in [1.29, 1.82) is 0 Å². The normalized spacial score (nSPS) is 18.7. The van der Waals surface area contributed by atoms with Crippen LogP contribution in [-0.2, 0) is 4.74 Å². The van der Waals surface area contributed by atoms with Gasteiger partial charge in [0, 0.05) is 43.4 Å². The Morgan fingerprint density at radius 2 is 1.97 bits per heavy atom. The largest absolute Gasteiger partial charge is 0.490 e. The molecule has 0 saturated carbocycles. The molecule has 0 amide bonds. The van der Waals surface area contributed by atoms with Gasteiger partial charge in [-0.25, -0.2) is 0 Å². The van der Waals surface area contributed by atoms with Crippen LogP contribution < -0.4 is 10.5 Å². The number of ether oxygens (including phenoxy) is 2. The number of halogens is 3. The maximum absolute atomic E-state index is 14.2. The lowest BCUT2D eigenvalue weighted by Crippen LogP contribution is -2.38. The van der Waals surface area contributed by atoms with Gasteiger partial charge in [-0.15, -0.1) is 10.2 Å². The summed E-state index contributed by atoms with van der Waals surface area (Å²) in [6.07, 6.45) is -2.49. The van der Waals surface area contributed by atoms with E-state index in [0.717, 1.165) is 16.3 Å². The van der Waals surface area contributed by atoms with Gasteiger partial charge < -0.3 is 15.2 Å². The summed E-state index contributed by atoms with van der Waals surface area (Å²) in [6, 6.07) is 12.5. The average molecular weight is 500 g/mol. The lowest BCUT2D eigenvalue weighted by Gasteiger charge is -2.30. The molecule has 0 unspecified atom stereocenters. The molecule has 1 fully saturated rings. The van der Waals surface area contributed by atoms with E-state index >= 15 is 0 Å². The first-order valence-corrected chi connectivity index (χ1v) is 11.8. The van der Waals surface area contributed by atoms with E-state index in [4.69, 9.17) is 15.2 Å². The van der Waals surface area contributed by atoms with Crippen LogP contribution in [0, 0.1) is 0 Å². The Hall–Kier alpha value is -3.21. The summed E-state index contributed by atoms with van der Waals surface area (Å²) in [4.78, 5) is 1.40. The van der Waals surface area contributed by atoms with E-state index in [-0.39, 0.29) is 24.3 Å².